The van der Waals surface area contributed by atoms with Crippen molar-refractivity contribution in [2.45, 2.75) is 0 Å². The van der Waals surface area contributed by atoms with Crippen LogP contribution >= 0.6 is 0 Å². The van der Waals surface area contributed by atoms with E-state index in [0.29, 0.717) is 13.2 Å². The van der Waals surface area contributed by atoms with Crippen molar-refractivity contribution >= 4 is 0 Å². The predicted octanol–water partition coefficient (Wildman–Crippen LogP) is 0.279. The molecule has 0 aromatic rings. The Labute approximate surface area is 82.8 Å². The van der Waals surface area contributed by atoms with Crippen LogP contribution in [0, 0.1) is 46.9 Å². The van der Waals surface area contributed by atoms with Gasteiger partial charge in [0.1, 0.15) is 0 Å². The molecule has 3 heteroatoms. The van der Waals surface area contributed by atoms with Gasteiger partial charge in [-0.25, -0.2) is 0 Å². The smallest absolute Gasteiger partial charge is 0.0696 e. The second-order valence-corrected chi connectivity index (χ2v) is 0.986. The molecule has 0 heterocycles. The molecule has 0 saturated carbocycles. The molecule has 0 aliphatic rings. The van der Waals surface area contributed by atoms with Crippen LogP contribution in [0.1, 0.15) is 0 Å². The Balaban J connectivity index is 0. The fraction of sp³-hybridized carbons (Fsp3) is 1.00. The summed E-state index contributed by atoms with van der Waals surface area (Å²) in [5.41, 5.74) is 0. The summed E-state index contributed by atoms with van der Waals surface area (Å²) in [4.78, 5) is 0. The van der Waals surface area contributed by atoms with Gasteiger partial charge >= 0.3 is 0 Å². The summed E-state index contributed by atoms with van der Waals surface area (Å²) >= 11 is 0. The van der Waals surface area contributed by atoms with E-state index in [2.05, 4.69) is 9.47 Å². The molecular weight excluding hydrogens is 253 g/mol. The van der Waals surface area contributed by atoms with Crippen molar-refractivity contribution in [2.24, 2.45) is 0 Å². The van der Waals surface area contributed by atoms with E-state index in [1.807, 2.05) is 0 Å². The Kier molecular flexibility index (Phi) is 16.8. The Hall–Kier alpha value is 1.44. The van der Waals surface area contributed by atoms with Gasteiger partial charge in [-0.1, -0.05) is 0 Å². The molecule has 0 amide bonds. The molecule has 0 saturated heterocycles. The second kappa shape index (κ2) is 10.4. The van der Waals surface area contributed by atoms with E-state index in [1.54, 1.807) is 14.2 Å². The van der Waals surface area contributed by atoms with Crippen molar-refractivity contribution in [1.29, 1.82) is 0 Å². The Bertz CT molecular complexity index is 21.7. The zero-order valence-corrected chi connectivity index (χ0v) is 6.21. The van der Waals surface area contributed by atoms with Crippen molar-refractivity contribution in [3.63, 3.8) is 0 Å². The molecule has 0 aliphatic carbocycles. The molecule has 0 spiro atoms. The van der Waals surface area contributed by atoms with Crippen LogP contribution in [-0.4, -0.2) is 27.4 Å². The van der Waals surface area contributed by atoms with Crippen molar-refractivity contribution in [1.82, 2.24) is 0 Å². The largest absolute Gasteiger partial charge is 0.382 e. The van der Waals surface area contributed by atoms with Crippen LogP contribution in [0.4, 0.5) is 0 Å². The molecule has 0 aliphatic heterocycles. The Morgan fingerprint density at radius 3 is 1.43 bits per heavy atom. The van der Waals surface area contributed by atoms with E-state index in [1.165, 1.54) is 0 Å². The van der Waals surface area contributed by atoms with Crippen molar-refractivity contribution in [3.8, 4) is 0 Å². The topological polar surface area (TPSA) is 18.5 Å². The number of ether oxygens (including phenoxy) is 2. The van der Waals surface area contributed by atoms with E-state index in [4.69, 9.17) is 0 Å². The molecule has 0 aromatic heterocycles. The summed E-state index contributed by atoms with van der Waals surface area (Å²) in [5, 5.41) is 0. The molecule has 52 valence electrons. The van der Waals surface area contributed by atoms with Crippen LogP contribution < -0.4 is 0 Å². The molecule has 0 unspecified atom stereocenters. The molecule has 7 heavy (non-hydrogen) atoms. The van der Waals surface area contributed by atoms with E-state index < -0.39 is 0 Å². The minimum atomic E-state index is 0. The minimum absolute atomic E-state index is 0. The molecule has 0 atom stereocenters. The molecular formula is C4H10O2Yb. The van der Waals surface area contributed by atoms with Gasteiger partial charge in [-0.3, -0.25) is 0 Å². The van der Waals surface area contributed by atoms with Crippen LogP contribution in [0.2, 0.25) is 0 Å². The summed E-state index contributed by atoms with van der Waals surface area (Å²) < 4.78 is 9.31. The van der Waals surface area contributed by atoms with E-state index in [9.17, 15) is 0 Å². The zero-order chi connectivity index (χ0) is 4.83. The average molecular weight is 263 g/mol. The van der Waals surface area contributed by atoms with Crippen molar-refractivity contribution in [2.75, 3.05) is 27.4 Å². The third-order valence-corrected chi connectivity index (χ3v) is 0.492. The normalized spacial score (nSPS) is 7.71. The fourth-order valence-electron chi connectivity index (χ4n) is 0.167. The first-order chi connectivity index (χ1) is 2.91. The maximum absolute atomic E-state index is 4.66. The SMILES string of the molecule is COCCOC.[Yb]. The fourth-order valence-corrected chi connectivity index (χ4v) is 0.167. The van der Waals surface area contributed by atoms with Crippen LogP contribution in [0.3, 0.4) is 0 Å². The molecule has 2 nitrogen and oxygen atoms in total. The Morgan fingerprint density at radius 2 is 1.29 bits per heavy atom. The molecule has 0 bridgehead atoms. The minimum Gasteiger partial charge on any atom is -0.382 e. The van der Waals surface area contributed by atoms with Gasteiger partial charge in [0, 0.05) is 61.1 Å². The third-order valence-electron chi connectivity index (χ3n) is 0.492. The molecule has 0 fully saturated rings. The van der Waals surface area contributed by atoms with Gasteiger partial charge in [0.25, 0.3) is 0 Å². The predicted molar refractivity (Wildman–Crippen MR) is 23.8 cm³/mol. The van der Waals surface area contributed by atoms with Crippen LogP contribution in [0.15, 0.2) is 0 Å². The summed E-state index contributed by atoms with van der Waals surface area (Å²) in [6.45, 7) is 1.38. The second-order valence-electron chi connectivity index (χ2n) is 0.986. The quantitative estimate of drug-likeness (QED) is 0.681. The van der Waals surface area contributed by atoms with Crippen LogP contribution in [0.25, 0.3) is 0 Å². The van der Waals surface area contributed by atoms with E-state index in [0.717, 1.165) is 0 Å². The summed E-state index contributed by atoms with van der Waals surface area (Å²) in [6.07, 6.45) is 0. The van der Waals surface area contributed by atoms with Crippen molar-refractivity contribution in [3.05, 3.63) is 0 Å². The number of rotatable bonds is 3. The van der Waals surface area contributed by atoms with Gasteiger partial charge < -0.3 is 9.47 Å². The number of hydrogen-bond donors (Lipinski definition) is 0. The zero-order valence-electron chi connectivity index (χ0n) is 4.50. The van der Waals surface area contributed by atoms with Gasteiger partial charge in [0.2, 0.25) is 0 Å². The maximum atomic E-state index is 4.66. The van der Waals surface area contributed by atoms with Crippen molar-refractivity contribution < 1.29 is 56.4 Å². The monoisotopic (exact) mass is 264 g/mol. The summed E-state index contributed by atoms with van der Waals surface area (Å²) in [7, 11) is 3.30. The van der Waals surface area contributed by atoms with Gasteiger partial charge in [-0.05, 0) is 0 Å². The van der Waals surface area contributed by atoms with E-state index >= 15 is 0 Å². The van der Waals surface area contributed by atoms with Crippen LogP contribution in [0.5, 0.6) is 0 Å². The first-order valence-electron chi connectivity index (χ1n) is 1.89. The first-order valence-corrected chi connectivity index (χ1v) is 1.89. The molecule has 0 rings (SSSR count). The number of methoxy groups -OCH3 is 2. The van der Waals surface area contributed by atoms with Gasteiger partial charge in [-0.2, -0.15) is 0 Å². The van der Waals surface area contributed by atoms with Gasteiger partial charge in [0.05, 0.1) is 13.2 Å². The summed E-state index contributed by atoms with van der Waals surface area (Å²) in [6, 6.07) is 0. The first kappa shape index (κ1) is 11.3. The van der Waals surface area contributed by atoms with Crippen LogP contribution in [-0.2, 0) is 9.47 Å². The maximum Gasteiger partial charge on any atom is 0.0696 e. The average Bonchev–Trinajstić information content (AvgIpc) is 1.61. The molecule has 0 N–H and O–H groups in total. The molecule has 0 radical (unpaired) electrons. The van der Waals surface area contributed by atoms with E-state index in [-0.39, 0.29) is 46.9 Å². The summed E-state index contributed by atoms with van der Waals surface area (Å²) in [5.74, 6) is 0. The molecule has 0 aromatic carbocycles. The number of hydrogen-bond acceptors (Lipinski definition) is 2. The van der Waals surface area contributed by atoms with Gasteiger partial charge in [-0.15, -0.1) is 0 Å². The van der Waals surface area contributed by atoms with Gasteiger partial charge in [0.15, 0.2) is 0 Å². The standard InChI is InChI=1S/C4H10O2.Yb/c1-5-3-4-6-2;/h3-4H2,1-2H3;. The Morgan fingerprint density at radius 1 is 1.00 bits per heavy atom. The third kappa shape index (κ3) is 11.2.